The van der Waals surface area contributed by atoms with E-state index in [9.17, 15) is 14.0 Å². The summed E-state index contributed by atoms with van der Waals surface area (Å²) in [6, 6.07) is 6.95. The van der Waals surface area contributed by atoms with E-state index in [1.165, 1.54) is 12.1 Å². The first-order chi connectivity index (χ1) is 9.90. The Hall–Kier alpha value is -2.76. The molecule has 2 rings (SSSR count). The van der Waals surface area contributed by atoms with Crippen molar-refractivity contribution in [3.63, 3.8) is 0 Å². The second-order valence-corrected chi connectivity index (χ2v) is 4.51. The number of carboxylic acids is 1. The van der Waals surface area contributed by atoms with E-state index in [-0.39, 0.29) is 5.69 Å². The zero-order valence-electron chi connectivity index (χ0n) is 11.5. The lowest BCUT2D eigenvalue weighted by Gasteiger charge is -2.10. The number of pyridine rings is 1. The number of benzene rings is 1. The van der Waals surface area contributed by atoms with Crippen LogP contribution < -0.4 is 5.32 Å². The van der Waals surface area contributed by atoms with Gasteiger partial charge in [0, 0.05) is 5.69 Å². The number of rotatable bonds is 3. The number of hydrogen-bond donors (Lipinski definition) is 2. The van der Waals surface area contributed by atoms with Crippen LogP contribution in [0.2, 0.25) is 0 Å². The van der Waals surface area contributed by atoms with E-state index in [4.69, 9.17) is 5.11 Å². The number of halogens is 1. The van der Waals surface area contributed by atoms with Gasteiger partial charge in [0.1, 0.15) is 11.4 Å². The third kappa shape index (κ3) is 3.05. The van der Waals surface area contributed by atoms with E-state index in [1.54, 1.807) is 26.0 Å². The molecule has 1 amide bonds. The molecule has 0 saturated heterocycles. The molecule has 0 spiro atoms. The molecule has 108 valence electrons. The largest absolute Gasteiger partial charge is 0.478 e. The smallest absolute Gasteiger partial charge is 0.340 e. The highest BCUT2D eigenvalue weighted by atomic mass is 19.1. The van der Waals surface area contributed by atoms with Crippen LogP contribution in [0, 0.1) is 19.7 Å². The van der Waals surface area contributed by atoms with Crippen molar-refractivity contribution in [3.05, 3.63) is 58.7 Å². The van der Waals surface area contributed by atoms with Gasteiger partial charge in [-0.3, -0.25) is 9.78 Å². The van der Waals surface area contributed by atoms with Crippen LogP contribution in [0.1, 0.15) is 32.1 Å². The Labute approximate surface area is 120 Å². The summed E-state index contributed by atoms with van der Waals surface area (Å²) in [5.74, 6) is -2.88. The van der Waals surface area contributed by atoms with Crippen molar-refractivity contribution < 1.29 is 19.1 Å². The normalized spacial score (nSPS) is 10.2. The number of carboxylic acid groups (broad SMARTS) is 1. The number of carbonyl (C=O) groups is 2. The first-order valence-corrected chi connectivity index (χ1v) is 6.17. The van der Waals surface area contributed by atoms with E-state index in [0.29, 0.717) is 11.3 Å². The minimum Gasteiger partial charge on any atom is -0.478 e. The van der Waals surface area contributed by atoms with Crippen LogP contribution in [0.4, 0.5) is 10.1 Å². The van der Waals surface area contributed by atoms with E-state index in [1.807, 2.05) is 0 Å². The summed E-state index contributed by atoms with van der Waals surface area (Å²) in [6.45, 7) is 3.47. The van der Waals surface area contributed by atoms with Gasteiger partial charge in [-0.1, -0.05) is 6.07 Å². The number of amides is 1. The number of carbonyl (C=O) groups excluding carboxylic acids is 1. The molecule has 0 radical (unpaired) electrons. The van der Waals surface area contributed by atoms with Crippen molar-refractivity contribution in [2.75, 3.05) is 5.32 Å². The molecule has 1 aromatic carbocycles. The van der Waals surface area contributed by atoms with E-state index in [0.717, 1.165) is 11.8 Å². The molecule has 2 aromatic rings. The fraction of sp³-hybridized carbons (Fsp3) is 0.133. The molecular formula is C15H13FN2O3. The molecule has 5 nitrogen and oxygen atoms in total. The average molecular weight is 288 g/mol. The maximum atomic E-state index is 13.5. The molecule has 0 aliphatic carbocycles. The summed E-state index contributed by atoms with van der Waals surface area (Å²) in [5.41, 5.74) is 0.930. The molecule has 0 aliphatic rings. The lowest BCUT2D eigenvalue weighted by molar-refractivity contribution is 0.0693. The Bertz CT molecular complexity index is 729. The number of aromatic carboxylic acids is 1. The highest BCUT2D eigenvalue weighted by Crippen LogP contribution is 2.20. The molecule has 2 N–H and O–H groups in total. The number of anilines is 1. The second-order valence-electron chi connectivity index (χ2n) is 4.51. The summed E-state index contributed by atoms with van der Waals surface area (Å²) in [5, 5.41) is 11.4. The lowest BCUT2D eigenvalue weighted by atomic mass is 10.1. The molecule has 1 aromatic heterocycles. The number of nitrogens with one attached hydrogen (secondary N) is 1. The summed E-state index contributed by atoms with van der Waals surface area (Å²) in [6.07, 6.45) is 0. The Balaban J connectivity index is 2.36. The molecule has 0 fully saturated rings. The van der Waals surface area contributed by atoms with Crippen LogP contribution in [0.3, 0.4) is 0 Å². The molecule has 0 bridgehead atoms. The van der Waals surface area contributed by atoms with Crippen molar-refractivity contribution in [1.29, 1.82) is 0 Å². The van der Waals surface area contributed by atoms with Crippen molar-refractivity contribution in [2.24, 2.45) is 0 Å². The van der Waals surface area contributed by atoms with Crippen LogP contribution in [0.15, 0.2) is 30.3 Å². The van der Waals surface area contributed by atoms with Gasteiger partial charge >= 0.3 is 5.97 Å². The molecule has 0 unspecified atom stereocenters. The van der Waals surface area contributed by atoms with Crippen molar-refractivity contribution in [3.8, 4) is 0 Å². The monoisotopic (exact) mass is 288 g/mol. The lowest BCUT2D eigenvalue weighted by Crippen LogP contribution is -2.17. The zero-order valence-corrected chi connectivity index (χ0v) is 11.5. The third-order valence-electron chi connectivity index (χ3n) is 2.95. The minimum atomic E-state index is -1.44. The molecule has 1 heterocycles. The second kappa shape index (κ2) is 5.70. The predicted octanol–water partition coefficient (Wildman–Crippen LogP) is 2.79. The Kier molecular flexibility index (Phi) is 3.98. The van der Waals surface area contributed by atoms with Gasteiger partial charge < -0.3 is 10.4 Å². The van der Waals surface area contributed by atoms with Gasteiger partial charge in [-0.05, 0) is 38.1 Å². The van der Waals surface area contributed by atoms with Crippen LogP contribution in [-0.4, -0.2) is 22.0 Å². The van der Waals surface area contributed by atoms with Gasteiger partial charge in [0.2, 0.25) is 0 Å². The van der Waals surface area contributed by atoms with Crippen LogP contribution in [0.5, 0.6) is 0 Å². The summed E-state index contributed by atoms with van der Waals surface area (Å²) < 4.78 is 13.5. The van der Waals surface area contributed by atoms with Gasteiger partial charge in [-0.2, -0.15) is 0 Å². The molecule has 0 saturated carbocycles. The molecule has 21 heavy (non-hydrogen) atoms. The molecule has 0 atom stereocenters. The average Bonchev–Trinajstić information content (AvgIpc) is 2.37. The van der Waals surface area contributed by atoms with E-state index >= 15 is 0 Å². The number of aryl methyl sites for hydroxylation is 2. The number of hydrogen-bond acceptors (Lipinski definition) is 3. The number of nitrogens with zero attached hydrogens (tertiary/aromatic N) is 1. The van der Waals surface area contributed by atoms with Gasteiger partial charge in [0.25, 0.3) is 5.91 Å². The fourth-order valence-corrected chi connectivity index (χ4v) is 1.96. The van der Waals surface area contributed by atoms with Gasteiger partial charge in [0.05, 0.1) is 16.9 Å². The third-order valence-corrected chi connectivity index (χ3v) is 2.95. The van der Waals surface area contributed by atoms with Crippen molar-refractivity contribution in [2.45, 2.75) is 13.8 Å². The van der Waals surface area contributed by atoms with Crippen LogP contribution in [0.25, 0.3) is 0 Å². The first kappa shape index (κ1) is 14.6. The SMILES string of the molecule is Cc1ccc(C(=O)Nc2cccc(F)c2C(=O)O)c(C)n1. The minimum absolute atomic E-state index is 0.0903. The van der Waals surface area contributed by atoms with Crippen molar-refractivity contribution >= 4 is 17.6 Å². The maximum Gasteiger partial charge on any atom is 0.340 e. The molecular weight excluding hydrogens is 275 g/mol. The molecule has 0 aliphatic heterocycles. The number of aromatic nitrogens is 1. The summed E-state index contributed by atoms with van der Waals surface area (Å²) in [7, 11) is 0. The highest BCUT2D eigenvalue weighted by molar-refractivity contribution is 6.08. The maximum absolute atomic E-state index is 13.5. The summed E-state index contributed by atoms with van der Waals surface area (Å²) >= 11 is 0. The van der Waals surface area contributed by atoms with Gasteiger partial charge in [-0.15, -0.1) is 0 Å². The van der Waals surface area contributed by atoms with Gasteiger partial charge in [-0.25, -0.2) is 9.18 Å². The van der Waals surface area contributed by atoms with E-state index in [2.05, 4.69) is 10.3 Å². The predicted molar refractivity (Wildman–Crippen MR) is 75.0 cm³/mol. The Morgan fingerprint density at radius 3 is 2.52 bits per heavy atom. The zero-order chi connectivity index (χ0) is 15.6. The van der Waals surface area contributed by atoms with Crippen LogP contribution in [-0.2, 0) is 0 Å². The van der Waals surface area contributed by atoms with Crippen molar-refractivity contribution in [1.82, 2.24) is 4.98 Å². The topological polar surface area (TPSA) is 79.3 Å². The highest BCUT2D eigenvalue weighted by Gasteiger charge is 2.18. The quantitative estimate of drug-likeness (QED) is 0.910. The first-order valence-electron chi connectivity index (χ1n) is 6.17. The van der Waals surface area contributed by atoms with E-state index < -0.39 is 23.3 Å². The summed E-state index contributed by atoms with van der Waals surface area (Å²) in [4.78, 5) is 27.4. The molecule has 6 heteroatoms. The van der Waals surface area contributed by atoms with Crippen LogP contribution >= 0.6 is 0 Å². The Morgan fingerprint density at radius 2 is 1.90 bits per heavy atom. The fourth-order valence-electron chi connectivity index (χ4n) is 1.96. The Morgan fingerprint density at radius 1 is 1.19 bits per heavy atom. The standard InChI is InChI=1S/C15H13FN2O3/c1-8-6-7-10(9(2)17-8)14(19)18-12-5-3-4-11(16)13(12)15(20)21/h3-7H,1-2H3,(H,18,19)(H,20,21). The van der Waals surface area contributed by atoms with Gasteiger partial charge in [0.15, 0.2) is 0 Å².